The molecule has 0 aliphatic rings. The van der Waals surface area contributed by atoms with E-state index in [0.29, 0.717) is 12.2 Å². The van der Waals surface area contributed by atoms with Crippen molar-refractivity contribution in [3.63, 3.8) is 0 Å². The molecule has 0 aliphatic carbocycles. The van der Waals surface area contributed by atoms with Crippen LogP contribution in [0.4, 0.5) is 5.69 Å². The topological polar surface area (TPSA) is 63.0 Å². The summed E-state index contributed by atoms with van der Waals surface area (Å²) >= 11 is 0. The molecule has 0 fully saturated rings. The van der Waals surface area contributed by atoms with Crippen LogP contribution in [0.5, 0.6) is 0 Å². The molecule has 0 amide bonds. The van der Waals surface area contributed by atoms with Gasteiger partial charge in [-0.1, -0.05) is 5.22 Å². The maximum absolute atomic E-state index is 11.3. The predicted octanol–water partition coefficient (Wildman–Crippen LogP) is 2.27. The lowest BCUT2D eigenvalue weighted by Crippen LogP contribution is -2.04. The Bertz CT molecular complexity index is 346. The van der Waals surface area contributed by atoms with Gasteiger partial charge in [-0.05, 0) is 31.2 Å². The van der Waals surface area contributed by atoms with Gasteiger partial charge in [0.2, 0.25) is 0 Å². The molecule has 0 unspecified atom stereocenters. The number of rotatable bonds is 4. The number of carbonyl (C=O) groups is 1. The standard InChI is InChI=1S/C10H13N3O2/c1-3-15-10(14)8-4-6-9(7-5-8)12-13-11-2/h4-7H,3H2,1-2H3,(H,11,12). The number of carbonyl (C=O) groups excluding carboxylic acids is 1. The Kier molecular flexibility index (Phi) is 4.28. The minimum Gasteiger partial charge on any atom is -0.462 e. The molecule has 1 rings (SSSR count). The minimum absolute atomic E-state index is 0.318. The van der Waals surface area contributed by atoms with E-state index in [0.717, 1.165) is 5.69 Å². The molecule has 0 aliphatic heterocycles. The molecule has 5 nitrogen and oxygen atoms in total. The van der Waals surface area contributed by atoms with Gasteiger partial charge in [-0.2, -0.15) is 5.11 Å². The van der Waals surface area contributed by atoms with Crippen molar-refractivity contribution in [2.24, 2.45) is 10.3 Å². The van der Waals surface area contributed by atoms with Gasteiger partial charge in [0.1, 0.15) is 0 Å². The van der Waals surface area contributed by atoms with Gasteiger partial charge in [0, 0.05) is 0 Å². The summed E-state index contributed by atoms with van der Waals surface area (Å²) in [6, 6.07) is 6.82. The van der Waals surface area contributed by atoms with Crippen molar-refractivity contribution in [1.29, 1.82) is 0 Å². The van der Waals surface area contributed by atoms with Crippen molar-refractivity contribution in [2.45, 2.75) is 6.92 Å². The fourth-order valence-electron chi connectivity index (χ4n) is 1.00. The van der Waals surface area contributed by atoms with Crippen molar-refractivity contribution < 1.29 is 9.53 Å². The molecule has 5 heteroatoms. The quantitative estimate of drug-likeness (QED) is 0.468. The Morgan fingerprint density at radius 2 is 2.07 bits per heavy atom. The fourth-order valence-corrected chi connectivity index (χ4v) is 1.00. The van der Waals surface area contributed by atoms with Crippen LogP contribution in [-0.2, 0) is 4.74 Å². The number of hydrogen-bond acceptors (Lipinski definition) is 4. The summed E-state index contributed by atoms with van der Waals surface area (Å²) in [5.74, 6) is -0.318. The molecule has 0 saturated heterocycles. The first kappa shape index (κ1) is 11.2. The van der Waals surface area contributed by atoms with E-state index in [1.807, 2.05) is 0 Å². The third kappa shape index (κ3) is 3.38. The van der Waals surface area contributed by atoms with Crippen LogP contribution in [-0.4, -0.2) is 19.6 Å². The SMILES string of the molecule is CCOC(=O)c1ccc(NN=NC)cc1. The molecule has 0 bridgehead atoms. The zero-order valence-electron chi connectivity index (χ0n) is 8.73. The molecule has 1 aromatic carbocycles. The Labute approximate surface area is 88.1 Å². The van der Waals surface area contributed by atoms with E-state index in [9.17, 15) is 4.79 Å². The molecule has 0 heterocycles. The van der Waals surface area contributed by atoms with Crippen LogP contribution in [0.15, 0.2) is 34.6 Å². The van der Waals surface area contributed by atoms with Crippen LogP contribution in [0, 0.1) is 0 Å². The molecule has 0 atom stereocenters. The number of ether oxygens (including phenoxy) is 1. The first-order chi connectivity index (χ1) is 7.27. The molecule has 1 N–H and O–H groups in total. The molecule has 0 saturated carbocycles. The highest BCUT2D eigenvalue weighted by Crippen LogP contribution is 2.10. The fraction of sp³-hybridized carbons (Fsp3) is 0.300. The molecule has 0 aromatic heterocycles. The highest BCUT2D eigenvalue weighted by atomic mass is 16.5. The average Bonchev–Trinajstić information content (AvgIpc) is 2.27. The lowest BCUT2D eigenvalue weighted by Gasteiger charge is -2.02. The van der Waals surface area contributed by atoms with Gasteiger partial charge in [-0.15, -0.1) is 0 Å². The van der Waals surface area contributed by atoms with Gasteiger partial charge >= 0.3 is 5.97 Å². The van der Waals surface area contributed by atoms with E-state index in [1.54, 1.807) is 38.2 Å². The molecule has 0 radical (unpaired) electrons. The summed E-state index contributed by atoms with van der Waals surface area (Å²) in [5, 5.41) is 7.15. The highest BCUT2D eigenvalue weighted by Gasteiger charge is 2.04. The van der Waals surface area contributed by atoms with E-state index in [-0.39, 0.29) is 5.97 Å². The van der Waals surface area contributed by atoms with E-state index >= 15 is 0 Å². The van der Waals surface area contributed by atoms with E-state index in [1.165, 1.54) is 0 Å². The summed E-state index contributed by atoms with van der Waals surface area (Å²) in [7, 11) is 1.57. The van der Waals surface area contributed by atoms with Crippen LogP contribution in [0.3, 0.4) is 0 Å². The number of benzene rings is 1. The predicted molar refractivity (Wildman–Crippen MR) is 56.8 cm³/mol. The summed E-state index contributed by atoms with van der Waals surface area (Å²) in [6.07, 6.45) is 0. The van der Waals surface area contributed by atoms with E-state index in [4.69, 9.17) is 4.74 Å². The van der Waals surface area contributed by atoms with Crippen molar-refractivity contribution in [2.75, 3.05) is 19.1 Å². The van der Waals surface area contributed by atoms with Crippen molar-refractivity contribution in [1.82, 2.24) is 0 Å². The Morgan fingerprint density at radius 3 is 2.60 bits per heavy atom. The van der Waals surface area contributed by atoms with Gasteiger partial charge in [0.05, 0.1) is 24.9 Å². The Hall–Kier alpha value is -1.91. The molecule has 0 spiro atoms. The number of nitrogens with zero attached hydrogens (tertiary/aromatic N) is 2. The van der Waals surface area contributed by atoms with Gasteiger partial charge in [-0.3, -0.25) is 5.43 Å². The van der Waals surface area contributed by atoms with Crippen LogP contribution < -0.4 is 5.43 Å². The lowest BCUT2D eigenvalue weighted by atomic mass is 10.2. The molecule has 15 heavy (non-hydrogen) atoms. The third-order valence-electron chi connectivity index (χ3n) is 1.68. The molecule has 80 valence electrons. The van der Waals surface area contributed by atoms with Crippen molar-refractivity contribution >= 4 is 11.7 Å². The van der Waals surface area contributed by atoms with Gasteiger partial charge in [0.25, 0.3) is 0 Å². The summed E-state index contributed by atoms with van der Waals surface area (Å²) < 4.78 is 4.85. The van der Waals surface area contributed by atoms with E-state index < -0.39 is 0 Å². The largest absolute Gasteiger partial charge is 0.462 e. The van der Waals surface area contributed by atoms with Crippen molar-refractivity contribution in [3.05, 3.63) is 29.8 Å². The number of nitrogens with one attached hydrogen (secondary N) is 1. The maximum Gasteiger partial charge on any atom is 0.338 e. The molecular formula is C10H13N3O2. The minimum atomic E-state index is -0.318. The zero-order chi connectivity index (χ0) is 11.1. The Morgan fingerprint density at radius 1 is 1.40 bits per heavy atom. The number of hydrogen-bond donors (Lipinski definition) is 1. The van der Waals surface area contributed by atoms with Crippen LogP contribution in [0.25, 0.3) is 0 Å². The van der Waals surface area contributed by atoms with Crippen LogP contribution >= 0.6 is 0 Å². The monoisotopic (exact) mass is 207 g/mol. The lowest BCUT2D eigenvalue weighted by molar-refractivity contribution is 0.0526. The normalized spacial score (nSPS) is 10.3. The second-order valence-corrected chi connectivity index (χ2v) is 2.71. The van der Waals surface area contributed by atoms with Crippen LogP contribution in [0.2, 0.25) is 0 Å². The third-order valence-corrected chi connectivity index (χ3v) is 1.68. The smallest absolute Gasteiger partial charge is 0.338 e. The number of esters is 1. The van der Waals surface area contributed by atoms with Crippen LogP contribution in [0.1, 0.15) is 17.3 Å². The number of anilines is 1. The van der Waals surface area contributed by atoms with Gasteiger partial charge in [-0.25, -0.2) is 4.79 Å². The first-order valence-electron chi connectivity index (χ1n) is 4.60. The van der Waals surface area contributed by atoms with Gasteiger partial charge in [0.15, 0.2) is 0 Å². The Balaban J connectivity index is 2.67. The average molecular weight is 207 g/mol. The van der Waals surface area contributed by atoms with Gasteiger partial charge < -0.3 is 4.74 Å². The summed E-state index contributed by atoms with van der Waals surface area (Å²) in [6.45, 7) is 2.15. The summed E-state index contributed by atoms with van der Waals surface area (Å²) in [5.41, 5.74) is 3.99. The zero-order valence-corrected chi connectivity index (χ0v) is 8.73. The second kappa shape index (κ2) is 5.74. The maximum atomic E-state index is 11.3. The second-order valence-electron chi connectivity index (χ2n) is 2.71. The molecular weight excluding hydrogens is 194 g/mol. The van der Waals surface area contributed by atoms with Crippen molar-refractivity contribution in [3.8, 4) is 0 Å². The highest BCUT2D eigenvalue weighted by molar-refractivity contribution is 5.89. The molecule has 1 aromatic rings. The van der Waals surface area contributed by atoms with E-state index in [2.05, 4.69) is 15.8 Å². The first-order valence-corrected chi connectivity index (χ1v) is 4.60. The summed E-state index contributed by atoms with van der Waals surface area (Å²) in [4.78, 5) is 11.3.